The van der Waals surface area contributed by atoms with Crippen molar-refractivity contribution in [3.63, 3.8) is 0 Å². The fraction of sp³-hybridized carbons (Fsp3) is 0.455. The molecule has 0 aliphatic carbocycles. The van der Waals surface area contributed by atoms with Crippen LogP contribution in [-0.2, 0) is 0 Å². The van der Waals surface area contributed by atoms with E-state index in [2.05, 4.69) is 0 Å². The highest BCUT2D eigenvalue weighted by atomic mass is 16.5. The third-order valence-electron chi connectivity index (χ3n) is 2.84. The number of benzene rings is 1. The molecule has 2 heteroatoms. The van der Waals surface area contributed by atoms with Gasteiger partial charge in [-0.15, -0.1) is 0 Å². The summed E-state index contributed by atoms with van der Waals surface area (Å²) >= 11 is 0. The van der Waals surface area contributed by atoms with Crippen LogP contribution >= 0.6 is 0 Å². The summed E-state index contributed by atoms with van der Waals surface area (Å²) in [6, 6.07) is 7.88. The van der Waals surface area contributed by atoms with Crippen LogP contribution < -0.4 is 4.74 Å². The van der Waals surface area contributed by atoms with E-state index in [1.165, 1.54) is 0 Å². The molecule has 1 aliphatic heterocycles. The molecule has 2 unspecified atom stereocenters. The maximum atomic E-state index is 9.96. The van der Waals surface area contributed by atoms with Gasteiger partial charge in [0.25, 0.3) is 0 Å². The zero-order valence-electron chi connectivity index (χ0n) is 7.95. The van der Waals surface area contributed by atoms with E-state index in [9.17, 15) is 5.11 Å². The average molecular weight is 178 g/mol. The van der Waals surface area contributed by atoms with E-state index < -0.39 is 5.60 Å². The fourth-order valence-electron chi connectivity index (χ4n) is 1.65. The molecule has 0 radical (unpaired) electrons. The van der Waals surface area contributed by atoms with Crippen LogP contribution in [0.3, 0.4) is 0 Å². The van der Waals surface area contributed by atoms with Gasteiger partial charge in [0.2, 0.25) is 0 Å². The van der Waals surface area contributed by atoms with Crippen molar-refractivity contribution in [3.8, 4) is 5.75 Å². The van der Waals surface area contributed by atoms with Gasteiger partial charge in [-0.25, -0.2) is 0 Å². The Labute approximate surface area is 78.2 Å². The monoisotopic (exact) mass is 178 g/mol. The zero-order chi connectivity index (χ0) is 9.47. The largest absolute Gasteiger partial charge is 0.490 e. The van der Waals surface area contributed by atoms with E-state index >= 15 is 0 Å². The molecule has 2 nitrogen and oxygen atoms in total. The molecule has 0 bridgehead atoms. The quantitative estimate of drug-likeness (QED) is 0.657. The van der Waals surface area contributed by atoms with Crippen molar-refractivity contribution >= 4 is 0 Å². The Balaban J connectivity index is 2.45. The summed E-state index contributed by atoms with van der Waals surface area (Å²) in [5.41, 5.74) is 0.354. The van der Waals surface area contributed by atoms with Crippen molar-refractivity contribution in [1.29, 1.82) is 0 Å². The molecular formula is C11H14O2. The average Bonchev–Trinajstić information content (AvgIpc) is 2.13. The van der Waals surface area contributed by atoms with E-state index in [1.807, 2.05) is 38.1 Å². The predicted octanol–water partition coefficient (Wildman–Crippen LogP) is 1.93. The second-order valence-corrected chi connectivity index (χ2v) is 3.91. The van der Waals surface area contributed by atoms with Gasteiger partial charge in [0, 0.05) is 5.92 Å². The van der Waals surface area contributed by atoms with Crippen LogP contribution in [0.25, 0.3) is 0 Å². The van der Waals surface area contributed by atoms with Crippen LogP contribution in [0.4, 0.5) is 0 Å². The number of rotatable bonds is 0. The molecule has 70 valence electrons. The van der Waals surface area contributed by atoms with Gasteiger partial charge in [-0.1, -0.05) is 25.1 Å². The molecule has 1 aliphatic rings. The first-order chi connectivity index (χ1) is 6.11. The van der Waals surface area contributed by atoms with E-state index in [1.54, 1.807) is 0 Å². The minimum absolute atomic E-state index is 0.137. The minimum Gasteiger partial charge on any atom is -0.490 e. The van der Waals surface area contributed by atoms with Gasteiger partial charge in [-0.3, -0.25) is 0 Å². The van der Waals surface area contributed by atoms with Crippen molar-refractivity contribution in [1.82, 2.24) is 0 Å². The molecule has 0 saturated carbocycles. The second-order valence-electron chi connectivity index (χ2n) is 3.91. The van der Waals surface area contributed by atoms with Gasteiger partial charge >= 0.3 is 0 Å². The number of fused-ring (bicyclic) bond motifs is 1. The molecule has 0 spiro atoms. The van der Waals surface area contributed by atoms with Crippen LogP contribution in [0.1, 0.15) is 25.3 Å². The summed E-state index contributed by atoms with van der Waals surface area (Å²) < 4.78 is 5.46. The van der Waals surface area contributed by atoms with E-state index in [0.717, 1.165) is 11.3 Å². The molecule has 13 heavy (non-hydrogen) atoms. The second kappa shape index (κ2) is 2.74. The number of aliphatic hydroxyl groups is 1. The summed E-state index contributed by atoms with van der Waals surface area (Å²) in [6.45, 7) is 4.22. The first kappa shape index (κ1) is 8.57. The van der Waals surface area contributed by atoms with Gasteiger partial charge in [0.1, 0.15) is 18.0 Å². The Morgan fingerprint density at radius 2 is 2.15 bits per heavy atom. The van der Waals surface area contributed by atoms with Crippen molar-refractivity contribution in [3.05, 3.63) is 29.8 Å². The summed E-state index contributed by atoms with van der Waals surface area (Å²) in [7, 11) is 0. The maximum Gasteiger partial charge on any atom is 0.123 e. The van der Waals surface area contributed by atoms with Crippen LogP contribution in [-0.4, -0.2) is 17.3 Å². The summed E-state index contributed by atoms with van der Waals surface area (Å²) in [5.74, 6) is 1.04. The summed E-state index contributed by atoms with van der Waals surface area (Å²) in [6.07, 6.45) is 0. The molecule has 0 fully saturated rings. The lowest BCUT2D eigenvalue weighted by molar-refractivity contribution is -0.0215. The third kappa shape index (κ3) is 1.31. The molecule has 1 N–H and O–H groups in total. The SMILES string of the molecule is CC1c2ccccc2OCC1(C)O. The maximum absolute atomic E-state index is 9.96. The molecule has 1 aromatic carbocycles. The fourth-order valence-corrected chi connectivity index (χ4v) is 1.65. The standard InChI is InChI=1S/C11H14O2/c1-8-9-5-3-4-6-10(9)13-7-11(8,2)12/h3-6,8,12H,7H2,1-2H3. The predicted molar refractivity (Wildman–Crippen MR) is 51.0 cm³/mol. The minimum atomic E-state index is -0.742. The van der Waals surface area contributed by atoms with E-state index in [4.69, 9.17) is 4.74 Å². The van der Waals surface area contributed by atoms with Gasteiger partial charge < -0.3 is 9.84 Å². The molecule has 1 heterocycles. The highest BCUT2D eigenvalue weighted by Gasteiger charge is 2.35. The number of hydrogen-bond acceptors (Lipinski definition) is 2. The smallest absolute Gasteiger partial charge is 0.123 e. The molecule has 0 aromatic heterocycles. The first-order valence-corrected chi connectivity index (χ1v) is 4.55. The van der Waals surface area contributed by atoms with Crippen molar-refractivity contribution in [2.24, 2.45) is 0 Å². The van der Waals surface area contributed by atoms with Gasteiger partial charge in [-0.05, 0) is 18.6 Å². The molecule has 0 saturated heterocycles. The molecule has 2 atom stereocenters. The van der Waals surface area contributed by atoms with Gasteiger partial charge in [0.15, 0.2) is 0 Å². The third-order valence-corrected chi connectivity index (χ3v) is 2.84. The Hall–Kier alpha value is -1.02. The first-order valence-electron chi connectivity index (χ1n) is 4.55. The number of ether oxygens (including phenoxy) is 1. The normalized spacial score (nSPS) is 32.1. The zero-order valence-corrected chi connectivity index (χ0v) is 7.95. The van der Waals surface area contributed by atoms with Crippen LogP contribution in [0.2, 0.25) is 0 Å². The number of hydrogen-bond donors (Lipinski definition) is 1. The van der Waals surface area contributed by atoms with Crippen LogP contribution in [0.5, 0.6) is 5.75 Å². The Kier molecular flexibility index (Phi) is 1.81. The lowest BCUT2D eigenvalue weighted by atomic mass is 9.83. The molecule has 2 rings (SSSR count). The van der Waals surface area contributed by atoms with Gasteiger partial charge in [0.05, 0.1) is 0 Å². The Morgan fingerprint density at radius 3 is 2.92 bits per heavy atom. The van der Waals surface area contributed by atoms with Crippen molar-refractivity contribution < 1.29 is 9.84 Å². The summed E-state index contributed by atoms with van der Waals surface area (Å²) in [5, 5.41) is 9.96. The lowest BCUT2D eigenvalue weighted by Gasteiger charge is -2.36. The highest BCUT2D eigenvalue weighted by Crippen LogP contribution is 2.38. The Bertz CT molecular complexity index is 318. The number of para-hydroxylation sites is 1. The van der Waals surface area contributed by atoms with Crippen molar-refractivity contribution in [2.45, 2.75) is 25.4 Å². The molecule has 1 aromatic rings. The lowest BCUT2D eigenvalue weighted by Crippen LogP contribution is -2.41. The Morgan fingerprint density at radius 1 is 1.46 bits per heavy atom. The highest BCUT2D eigenvalue weighted by molar-refractivity contribution is 5.39. The van der Waals surface area contributed by atoms with Gasteiger partial charge in [-0.2, -0.15) is 0 Å². The topological polar surface area (TPSA) is 29.5 Å². The molecular weight excluding hydrogens is 164 g/mol. The molecule has 0 amide bonds. The van der Waals surface area contributed by atoms with E-state index in [0.29, 0.717) is 6.61 Å². The van der Waals surface area contributed by atoms with Crippen molar-refractivity contribution in [2.75, 3.05) is 6.61 Å². The van der Waals surface area contributed by atoms with Crippen LogP contribution in [0, 0.1) is 0 Å². The van der Waals surface area contributed by atoms with Crippen LogP contribution in [0.15, 0.2) is 24.3 Å². The van der Waals surface area contributed by atoms with E-state index in [-0.39, 0.29) is 5.92 Å². The summed E-state index contributed by atoms with van der Waals surface area (Å²) in [4.78, 5) is 0.